The maximum absolute atomic E-state index is 13.2. The summed E-state index contributed by atoms with van der Waals surface area (Å²) in [6.45, 7) is 1.75. The third-order valence-corrected chi connectivity index (χ3v) is 4.07. The molecule has 0 heterocycles. The molecule has 0 aliphatic carbocycles. The van der Waals surface area contributed by atoms with Crippen LogP contribution in [-0.4, -0.2) is 38.3 Å². The normalized spacial score (nSPS) is 11.4. The largest absolute Gasteiger partial charge is 0.497 e. The lowest BCUT2D eigenvalue weighted by Crippen LogP contribution is -2.45. The molecule has 7 heteroatoms. The molecule has 0 aromatic heterocycles. The van der Waals surface area contributed by atoms with E-state index in [1.54, 1.807) is 26.2 Å². The Kier molecular flexibility index (Phi) is 8.27. The van der Waals surface area contributed by atoms with Crippen LogP contribution in [0.15, 0.2) is 48.5 Å². The first-order chi connectivity index (χ1) is 13.5. The Bertz CT molecular complexity index is 763. The second-order valence-electron chi connectivity index (χ2n) is 6.21. The first-order valence-corrected chi connectivity index (χ1v) is 9.07. The standard InChI is InChI=1S/C21H25FN2O4/c1-3-28-20(25)14-23-21(26)24-18(12-15-4-8-17(22)9-5-15)13-16-6-10-19(27-2)11-7-16/h4-11,18H,3,12-14H2,1-2H3,(H2,23,24,26). The van der Waals surface area contributed by atoms with Gasteiger partial charge in [-0.1, -0.05) is 24.3 Å². The van der Waals surface area contributed by atoms with E-state index in [9.17, 15) is 14.0 Å². The Morgan fingerprint density at radius 3 is 2.11 bits per heavy atom. The van der Waals surface area contributed by atoms with Gasteiger partial charge in [0, 0.05) is 6.04 Å². The molecular formula is C21H25FN2O4. The quantitative estimate of drug-likeness (QED) is 0.648. The topological polar surface area (TPSA) is 76.7 Å². The molecule has 0 saturated carbocycles. The summed E-state index contributed by atoms with van der Waals surface area (Å²) in [6.07, 6.45) is 1.08. The molecule has 150 valence electrons. The molecule has 0 saturated heterocycles. The van der Waals surface area contributed by atoms with Gasteiger partial charge in [0.2, 0.25) is 0 Å². The van der Waals surface area contributed by atoms with Crippen molar-refractivity contribution in [3.8, 4) is 5.75 Å². The minimum atomic E-state index is -0.497. The van der Waals surface area contributed by atoms with Crippen LogP contribution in [0, 0.1) is 5.82 Å². The highest BCUT2D eigenvalue weighted by atomic mass is 19.1. The maximum Gasteiger partial charge on any atom is 0.325 e. The van der Waals surface area contributed by atoms with E-state index in [1.165, 1.54) is 12.1 Å². The fourth-order valence-corrected chi connectivity index (χ4v) is 2.73. The van der Waals surface area contributed by atoms with Crippen molar-refractivity contribution < 1.29 is 23.5 Å². The number of rotatable bonds is 9. The third-order valence-electron chi connectivity index (χ3n) is 4.07. The van der Waals surface area contributed by atoms with Crippen molar-refractivity contribution in [2.75, 3.05) is 20.3 Å². The van der Waals surface area contributed by atoms with Gasteiger partial charge >= 0.3 is 12.0 Å². The average molecular weight is 388 g/mol. The zero-order chi connectivity index (χ0) is 20.4. The number of nitrogens with one attached hydrogen (secondary N) is 2. The first-order valence-electron chi connectivity index (χ1n) is 9.07. The van der Waals surface area contributed by atoms with E-state index in [0.717, 1.165) is 16.9 Å². The SMILES string of the molecule is CCOC(=O)CNC(=O)NC(Cc1ccc(F)cc1)Cc1ccc(OC)cc1. The summed E-state index contributed by atoms with van der Waals surface area (Å²) in [5.74, 6) is -0.0579. The first kappa shape index (κ1) is 21.2. The lowest BCUT2D eigenvalue weighted by Gasteiger charge is -2.20. The second-order valence-corrected chi connectivity index (χ2v) is 6.21. The highest BCUT2D eigenvalue weighted by molar-refractivity contribution is 5.80. The number of urea groups is 1. The second kappa shape index (κ2) is 10.9. The molecule has 6 nitrogen and oxygen atoms in total. The van der Waals surface area contributed by atoms with E-state index in [1.807, 2.05) is 24.3 Å². The van der Waals surface area contributed by atoms with Crippen molar-refractivity contribution in [3.05, 3.63) is 65.5 Å². The molecule has 0 radical (unpaired) electrons. The number of carbonyl (C=O) groups excluding carboxylic acids is 2. The van der Waals surface area contributed by atoms with E-state index >= 15 is 0 Å². The predicted molar refractivity (Wildman–Crippen MR) is 104 cm³/mol. The minimum Gasteiger partial charge on any atom is -0.497 e. The molecule has 28 heavy (non-hydrogen) atoms. The van der Waals surface area contributed by atoms with Crippen molar-refractivity contribution in [1.29, 1.82) is 0 Å². The summed E-state index contributed by atoms with van der Waals surface area (Å²) in [5.41, 5.74) is 1.91. The fourth-order valence-electron chi connectivity index (χ4n) is 2.73. The van der Waals surface area contributed by atoms with Gasteiger partial charge in [-0.3, -0.25) is 4.79 Å². The van der Waals surface area contributed by atoms with Crippen LogP contribution < -0.4 is 15.4 Å². The molecule has 2 aromatic rings. The van der Waals surface area contributed by atoms with Crippen molar-refractivity contribution in [2.24, 2.45) is 0 Å². The summed E-state index contributed by atoms with van der Waals surface area (Å²) < 4.78 is 23.1. The van der Waals surface area contributed by atoms with Gasteiger partial charge in [-0.05, 0) is 55.2 Å². The van der Waals surface area contributed by atoms with Crippen LogP contribution in [0.25, 0.3) is 0 Å². The lowest BCUT2D eigenvalue weighted by molar-refractivity contribution is -0.141. The molecule has 2 rings (SSSR count). The van der Waals surface area contributed by atoms with Crippen molar-refractivity contribution in [2.45, 2.75) is 25.8 Å². The number of hydrogen-bond donors (Lipinski definition) is 2. The Hall–Kier alpha value is -3.09. The van der Waals surface area contributed by atoms with Gasteiger partial charge in [0.15, 0.2) is 0 Å². The highest BCUT2D eigenvalue weighted by Gasteiger charge is 2.15. The number of halogens is 1. The van der Waals surface area contributed by atoms with Crippen LogP contribution >= 0.6 is 0 Å². The summed E-state index contributed by atoms with van der Waals surface area (Å²) in [5, 5.41) is 5.36. The summed E-state index contributed by atoms with van der Waals surface area (Å²) in [6, 6.07) is 13.0. The molecule has 1 unspecified atom stereocenters. The zero-order valence-corrected chi connectivity index (χ0v) is 16.0. The van der Waals surface area contributed by atoms with Crippen LogP contribution in [0.1, 0.15) is 18.1 Å². The number of ether oxygens (including phenoxy) is 2. The number of methoxy groups -OCH3 is 1. The van der Waals surface area contributed by atoms with E-state index in [2.05, 4.69) is 10.6 Å². The van der Waals surface area contributed by atoms with Gasteiger partial charge < -0.3 is 20.1 Å². The zero-order valence-electron chi connectivity index (χ0n) is 16.0. The van der Waals surface area contributed by atoms with Crippen molar-refractivity contribution >= 4 is 12.0 Å². The van der Waals surface area contributed by atoms with Crippen LogP contribution in [-0.2, 0) is 22.4 Å². The summed E-state index contributed by atoms with van der Waals surface area (Å²) in [4.78, 5) is 23.6. The lowest BCUT2D eigenvalue weighted by atomic mass is 9.99. The monoisotopic (exact) mass is 388 g/mol. The molecule has 0 spiro atoms. The summed E-state index contributed by atoms with van der Waals surface area (Å²) in [7, 11) is 1.60. The Morgan fingerprint density at radius 2 is 1.57 bits per heavy atom. The average Bonchev–Trinajstić information content (AvgIpc) is 2.69. The van der Waals surface area contributed by atoms with Crippen LogP contribution in [0.5, 0.6) is 5.75 Å². The Balaban J connectivity index is 2.02. The van der Waals surface area contributed by atoms with Crippen molar-refractivity contribution in [1.82, 2.24) is 10.6 Å². The van der Waals surface area contributed by atoms with E-state index in [0.29, 0.717) is 12.8 Å². The van der Waals surface area contributed by atoms with E-state index in [-0.39, 0.29) is 25.0 Å². The van der Waals surface area contributed by atoms with E-state index in [4.69, 9.17) is 9.47 Å². The predicted octanol–water partition coefficient (Wildman–Crippen LogP) is 2.85. The number of carbonyl (C=O) groups is 2. The Labute approximate surface area is 164 Å². The molecule has 2 N–H and O–H groups in total. The van der Waals surface area contributed by atoms with Crippen LogP contribution in [0.2, 0.25) is 0 Å². The molecular weight excluding hydrogens is 363 g/mol. The number of benzene rings is 2. The molecule has 2 aromatic carbocycles. The number of amides is 2. The van der Waals surface area contributed by atoms with E-state index < -0.39 is 12.0 Å². The minimum absolute atomic E-state index is 0.203. The molecule has 1 atom stereocenters. The molecule has 0 bridgehead atoms. The molecule has 2 amide bonds. The molecule has 0 aliphatic rings. The molecule has 0 aliphatic heterocycles. The van der Waals surface area contributed by atoms with Gasteiger partial charge in [-0.15, -0.1) is 0 Å². The smallest absolute Gasteiger partial charge is 0.325 e. The van der Waals surface area contributed by atoms with Crippen molar-refractivity contribution in [3.63, 3.8) is 0 Å². The van der Waals surface area contributed by atoms with Gasteiger partial charge in [0.05, 0.1) is 13.7 Å². The van der Waals surface area contributed by atoms with Gasteiger partial charge in [0.25, 0.3) is 0 Å². The fraction of sp³-hybridized carbons (Fsp3) is 0.333. The number of hydrogen-bond acceptors (Lipinski definition) is 4. The summed E-state index contributed by atoms with van der Waals surface area (Å²) >= 11 is 0. The van der Waals surface area contributed by atoms with Crippen LogP contribution in [0.4, 0.5) is 9.18 Å². The third kappa shape index (κ3) is 7.26. The van der Waals surface area contributed by atoms with Crippen LogP contribution in [0.3, 0.4) is 0 Å². The highest BCUT2D eigenvalue weighted by Crippen LogP contribution is 2.15. The van der Waals surface area contributed by atoms with Gasteiger partial charge in [-0.2, -0.15) is 0 Å². The van der Waals surface area contributed by atoms with Gasteiger partial charge in [-0.25, -0.2) is 9.18 Å². The van der Waals surface area contributed by atoms with Gasteiger partial charge in [0.1, 0.15) is 18.1 Å². The maximum atomic E-state index is 13.2. The molecule has 0 fully saturated rings. The number of esters is 1. The Morgan fingerprint density at radius 1 is 1.00 bits per heavy atom.